The molecule has 0 aromatic heterocycles. The molecule has 15 atom stereocenters. The molecule has 0 bridgehead atoms. The zero-order chi connectivity index (χ0) is 34.9. The maximum atomic E-state index is 11.9. The van der Waals surface area contributed by atoms with Crippen molar-refractivity contribution >= 4 is 5.97 Å². The van der Waals surface area contributed by atoms with E-state index in [4.69, 9.17) is 19.3 Å². The summed E-state index contributed by atoms with van der Waals surface area (Å²) in [6.07, 6.45) is 2.77. The third-order valence-corrected chi connectivity index (χ3v) is 14.8. The predicted octanol–water partition coefficient (Wildman–Crippen LogP) is 3.42. The van der Waals surface area contributed by atoms with E-state index in [1.807, 2.05) is 0 Å². The van der Waals surface area contributed by atoms with Gasteiger partial charge in [-0.1, -0.05) is 34.6 Å². The van der Waals surface area contributed by atoms with Gasteiger partial charge in [0.05, 0.1) is 43.7 Å². The van der Waals surface area contributed by atoms with Crippen LogP contribution in [0.4, 0.5) is 0 Å². The van der Waals surface area contributed by atoms with Crippen LogP contribution >= 0.6 is 0 Å². The molecule has 0 aromatic carbocycles. The van der Waals surface area contributed by atoms with Crippen molar-refractivity contribution in [3.8, 4) is 0 Å². The molecule has 10 nitrogen and oxygen atoms in total. The molecule has 0 amide bonds. The monoisotopic (exact) mass is 668 g/mol. The molecule has 47 heavy (non-hydrogen) atoms. The van der Waals surface area contributed by atoms with Gasteiger partial charge in [-0.15, -0.1) is 0 Å². The summed E-state index contributed by atoms with van der Waals surface area (Å²) >= 11 is 0. The lowest BCUT2D eigenvalue weighted by Crippen LogP contribution is -2.56. The zero-order valence-electron chi connectivity index (χ0n) is 30.0. The molecule has 5 rings (SSSR count). The number of ether oxygens (including phenoxy) is 3. The second-order valence-electron chi connectivity index (χ2n) is 17.7. The average Bonchev–Trinajstić information content (AvgIpc) is 3.44. The Morgan fingerprint density at radius 1 is 0.957 bits per heavy atom. The highest BCUT2D eigenvalue weighted by molar-refractivity contribution is 5.66. The molecule has 5 aliphatic rings. The van der Waals surface area contributed by atoms with E-state index in [0.717, 1.165) is 38.5 Å². The Kier molecular flexibility index (Phi) is 10.4. The summed E-state index contributed by atoms with van der Waals surface area (Å²) in [6, 6.07) is 0. The van der Waals surface area contributed by atoms with Crippen molar-refractivity contribution in [1.29, 1.82) is 0 Å². The van der Waals surface area contributed by atoms with Gasteiger partial charge in [-0.25, -0.2) is 0 Å². The molecular weight excluding hydrogens is 604 g/mol. The summed E-state index contributed by atoms with van der Waals surface area (Å²) in [7, 11) is 0. The molecule has 10 heteroatoms. The highest BCUT2D eigenvalue weighted by Crippen LogP contribution is 2.89. The zero-order valence-corrected chi connectivity index (χ0v) is 30.0. The average molecular weight is 669 g/mol. The molecule has 5 saturated carbocycles. The van der Waals surface area contributed by atoms with E-state index in [9.17, 15) is 30.3 Å². The number of fused-ring (bicyclic) bond motifs is 2. The Morgan fingerprint density at radius 2 is 1.64 bits per heavy atom. The molecule has 6 N–H and O–H groups in total. The van der Waals surface area contributed by atoms with E-state index >= 15 is 0 Å². The molecule has 0 heterocycles. The van der Waals surface area contributed by atoms with E-state index in [2.05, 4.69) is 34.6 Å². The number of rotatable bonds is 13. The van der Waals surface area contributed by atoms with Crippen LogP contribution in [0.5, 0.6) is 0 Å². The summed E-state index contributed by atoms with van der Waals surface area (Å²) in [6.45, 7) is 15.3. The summed E-state index contributed by atoms with van der Waals surface area (Å²) in [4.78, 5) is 11.8. The summed E-state index contributed by atoms with van der Waals surface area (Å²) < 4.78 is 17.5. The van der Waals surface area contributed by atoms with Gasteiger partial charge in [-0.3, -0.25) is 4.79 Å². The third-order valence-electron chi connectivity index (χ3n) is 14.8. The Bertz CT molecular complexity index is 1120. The molecular formula is C37H64O10. The van der Waals surface area contributed by atoms with E-state index in [1.165, 1.54) is 6.92 Å². The summed E-state index contributed by atoms with van der Waals surface area (Å²) in [5.74, 6) is 0.782. The fourth-order valence-corrected chi connectivity index (χ4v) is 12.9. The number of aliphatic hydroxyl groups is 6. The van der Waals surface area contributed by atoms with Crippen LogP contribution in [0, 0.1) is 57.2 Å². The van der Waals surface area contributed by atoms with Crippen molar-refractivity contribution in [2.45, 2.75) is 149 Å². The van der Waals surface area contributed by atoms with Crippen LogP contribution in [0.15, 0.2) is 0 Å². The van der Waals surface area contributed by atoms with E-state index < -0.39 is 48.9 Å². The quantitative estimate of drug-likeness (QED) is 0.127. The lowest BCUT2D eigenvalue weighted by Gasteiger charge is -2.60. The first-order chi connectivity index (χ1) is 21.8. The van der Waals surface area contributed by atoms with Gasteiger partial charge in [0.1, 0.15) is 12.2 Å². The minimum Gasteiger partial charge on any atom is -0.460 e. The van der Waals surface area contributed by atoms with Gasteiger partial charge in [0.25, 0.3) is 0 Å². The SMILES string of the molecule is CC(=O)O[C@@H](CC[C@@H](C)C1[C@H](O)[C@H](O)C2[C@@H]3CCC4C(C)(C)[C@@H](O[C@@H](CO)OC[C@@H](O)CO)CCC45[C@@H](C)[C@@]35CC[C@]12C)C(C)(C)O. The van der Waals surface area contributed by atoms with Crippen LogP contribution in [-0.2, 0) is 19.0 Å². The smallest absolute Gasteiger partial charge is 0.303 e. The maximum absolute atomic E-state index is 11.9. The van der Waals surface area contributed by atoms with Gasteiger partial charge in [-0.2, -0.15) is 0 Å². The van der Waals surface area contributed by atoms with Crippen LogP contribution in [0.25, 0.3) is 0 Å². The van der Waals surface area contributed by atoms with Gasteiger partial charge in [-0.05, 0) is 122 Å². The molecule has 4 unspecified atom stereocenters. The highest BCUT2D eigenvalue weighted by Gasteiger charge is 2.85. The number of hydrogen-bond acceptors (Lipinski definition) is 10. The maximum Gasteiger partial charge on any atom is 0.303 e. The minimum absolute atomic E-state index is 0.00207. The van der Waals surface area contributed by atoms with Crippen molar-refractivity contribution in [3.63, 3.8) is 0 Å². The fourth-order valence-electron chi connectivity index (χ4n) is 12.9. The topological polar surface area (TPSA) is 166 Å². The molecule has 0 aromatic rings. The van der Waals surface area contributed by atoms with Crippen molar-refractivity contribution in [2.75, 3.05) is 19.8 Å². The van der Waals surface area contributed by atoms with Crippen LogP contribution in [0.2, 0.25) is 0 Å². The number of carbonyl (C=O) groups is 1. The standard InChI is InChI=1S/C37H64O10/c1-20(9-12-27(34(6,7)44)46-22(3)40)29-31(42)32(43)30-24-10-11-25-33(4,5)26(47-28(18-39)45-19-23(41)17-38)13-14-37(25)21(2)36(24,37)16-15-35(29,30)8/h20-21,23-32,38-39,41-44H,9-19H2,1-8H3/t20-,21+,23+,24+,25?,26+,27+,28+,29?,30?,31+,32-,35-,36+,37?/m1/s1. The van der Waals surface area contributed by atoms with Gasteiger partial charge < -0.3 is 44.8 Å². The first-order valence-corrected chi connectivity index (χ1v) is 18.3. The van der Waals surface area contributed by atoms with Gasteiger partial charge in [0, 0.05) is 6.92 Å². The number of aliphatic hydroxyl groups excluding tert-OH is 5. The van der Waals surface area contributed by atoms with Crippen LogP contribution in [0.3, 0.4) is 0 Å². The van der Waals surface area contributed by atoms with Gasteiger partial charge in [0.15, 0.2) is 6.29 Å². The Labute approximate surface area is 281 Å². The van der Waals surface area contributed by atoms with Crippen molar-refractivity contribution in [3.05, 3.63) is 0 Å². The van der Waals surface area contributed by atoms with Crippen molar-refractivity contribution in [2.24, 2.45) is 57.2 Å². The minimum atomic E-state index is -1.18. The van der Waals surface area contributed by atoms with Crippen molar-refractivity contribution < 1.29 is 49.6 Å². The number of hydrogen-bond donors (Lipinski definition) is 6. The van der Waals surface area contributed by atoms with E-state index in [-0.39, 0.29) is 58.7 Å². The highest BCUT2D eigenvalue weighted by atomic mass is 16.7. The second-order valence-corrected chi connectivity index (χ2v) is 17.7. The fraction of sp³-hybridized carbons (Fsp3) is 0.973. The van der Waals surface area contributed by atoms with E-state index in [1.54, 1.807) is 13.8 Å². The predicted molar refractivity (Wildman–Crippen MR) is 175 cm³/mol. The Balaban J connectivity index is 1.34. The molecule has 0 saturated heterocycles. The second kappa shape index (κ2) is 13.0. The normalized spacial score (nSPS) is 44.6. The Morgan fingerprint density at radius 3 is 2.23 bits per heavy atom. The molecule has 5 fully saturated rings. The van der Waals surface area contributed by atoms with Gasteiger partial charge in [0.2, 0.25) is 0 Å². The largest absolute Gasteiger partial charge is 0.460 e. The molecule has 0 aliphatic heterocycles. The van der Waals surface area contributed by atoms with Crippen LogP contribution < -0.4 is 0 Å². The lowest BCUT2D eigenvalue weighted by atomic mass is 9.46. The molecule has 0 radical (unpaired) electrons. The first-order valence-electron chi connectivity index (χ1n) is 18.3. The molecule has 5 aliphatic carbocycles. The number of carbonyl (C=O) groups excluding carboxylic acids is 1. The van der Waals surface area contributed by atoms with Crippen LogP contribution in [-0.4, -0.2) is 98.8 Å². The number of esters is 1. The van der Waals surface area contributed by atoms with Gasteiger partial charge >= 0.3 is 5.97 Å². The molecule has 272 valence electrons. The van der Waals surface area contributed by atoms with Crippen LogP contribution in [0.1, 0.15) is 107 Å². The van der Waals surface area contributed by atoms with Crippen molar-refractivity contribution in [1.82, 2.24) is 0 Å². The van der Waals surface area contributed by atoms with E-state index in [0.29, 0.717) is 30.6 Å². The summed E-state index contributed by atoms with van der Waals surface area (Å²) in [5, 5.41) is 63.2. The lowest BCUT2D eigenvalue weighted by molar-refractivity contribution is -0.244. The third kappa shape index (κ3) is 5.82. The first kappa shape index (κ1) is 37.4. The molecule has 2 spiro atoms. The summed E-state index contributed by atoms with van der Waals surface area (Å²) in [5.41, 5.74) is -1.33. The Hall–Kier alpha value is -0.850.